The number of aryl methyl sites for hydroxylation is 1. The highest BCUT2D eigenvalue weighted by Gasteiger charge is 2.31. The first-order valence-electron chi connectivity index (χ1n) is 7.19. The third kappa shape index (κ3) is 2.18. The van der Waals surface area contributed by atoms with E-state index in [9.17, 15) is 4.79 Å². The first-order chi connectivity index (χ1) is 10.7. The number of amides is 1. The number of carbonyl (C=O) groups excluding carboxylic acids is 1. The standard InChI is InChI=1S/C15H15N3O4/c1-9-16-17-14(22-9)11-4-5-18(7-11)15(19)10-2-3-12-13(6-10)21-8-20-12/h2-3,6,11H,4-5,7-8H2,1H3. The number of fused-ring (bicyclic) bond motifs is 1. The highest BCUT2D eigenvalue weighted by atomic mass is 16.7. The molecule has 2 aliphatic heterocycles. The number of nitrogens with zero attached hydrogens (tertiary/aromatic N) is 3. The molecule has 1 fully saturated rings. The lowest BCUT2D eigenvalue weighted by Crippen LogP contribution is -2.28. The Hall–Kier alpha value is -2.57. The van der Waals surface area contributed by atoms with Gasteiger partial charge in [0, 0.05) is 25.6 Å². The van der Waals surface area contributed by atoms with Crippen molar-refractivity contribution in [2.45, 2.75) is 19.3 Å². The lowest BCUT2D eigenvalue weighted by atomic mass is 10.1. The van der Waals surface area contributed by atoms with Gasteiger partial charge in [-0.3, -0.25) is 4.79 Å². The van der Waals surface area contributed by atoms with Crippen molar-refractivity contribution in [3.05, 3.63) is 35.5 Å². The summed E-state index contributed by atoms with van der Waals surface area (Å²) in [6, 6.07) is 5.26. The van der Waals surface area contributed by atoms with Crippen LogP contribution in [-0.4, -0.2) is 40.9 Å². The van der Waals surface area contributed by atoms with Crippen LogP contribution in [0.3, 0.4) is 0 Å². The second-order valence-electron chi connectivity index (χ2n) is 5.46. The van der Waals surface area contributed by atoms with E-state index in [1.54, 1.807) is 25.1 Å². The highest BCUT2D eigenvalue weighted by molar-refractivity contribution is 5.95. The van der Waals surface area contributed by atoms with Crippen LogP contribution >= 0.6 is 0 Å². The van der Waals surface area contributed by atoms with Crippen LogP contribution in [0.15, 0.2) is 22.6 Å². The number of rotatable bonds is 2. The van der Waals surface area contributed by atoms with Crippen LogP contribution in [-0.2, 0) is 0 Å². The zero-order valence-corrected chi connectivity index (χ0v) is 12.1. The number of aromatic nitrogens is 2. The number of ether oxygens (including phenoxy) is 2. The fourth-order valence-electron chi connectivity index (χ4n) is 2.84. The molecule has 1 unspecified atom stereocenters. The third-order valence-corrected chi connectivity index (χ3v) is 3.99. The van der Waals surface area contributed by atoms with Gasteiger partial charge < -0.3 is 18.8 Å². The van der Waals surface area contributed by atoms with Crippen LogP contribution in [0.25, 0.3) is 0 Å². The van der Waals surface area contributed by atoms with Gasteiger partial charge in [-0.2, -0.15) is 0 Å². The van der Waals surface area contributed by atoms with Gasteiger partial charge in [-0.15, -0.1) is 10.2 Å². The van der Waals surface area contributed by atoms with Crippen molar-refractivity contribution in [1.82, 2.24) is 15.1 Å². The van der Waals surface area contributed by atoms with Crippen molar-refractivity contribution in [3.8, 4) is 11.5 Å². The van der Waals surface area contributed by atoms with Gasteiger partial charge in [0.1, 0.15) is 0 Å². The lowest BCUT2D eigenvalue weighted by molar-refractivity contribution is 0.0789. The second kappa shape index (κ2) is 5.01. The van der Waals surface area contributed by atoms with Crippen molar-refractivity contribution < 1.29 is 18.7 Å². The molecule has 0 saturated carbocycles. The van der Waals surface area contributed by atoms with Crippen molar-refractivity contribution in [3.63, 3.8) is 0 Å². The van der Waals surface area contributed by atoms with E-state index < -0.39 is 0 Å². The Kier molecular flexibility index (Phi) is 2.99. The van der Waals surface area contributed by atoms with Crippen LogP contribution in [0.2, 0.25) is 0 Å². The number of benzene rings is 1. The lowest BCUT2D eigenvalue weighted by Gasteiger charge is -2.16. The Bertz CT molecular complexity index is 727. The van der Waals surface area contributed by atoms with E-state index in [2.05, 4.69) is 10.2 Å². The minimum absolute atomic E-state index is 0.0166. The Morgan fingerprint density at radius 3 is 2.95 bits per heavy atom. The first kappa shape index (κ1) is 13.1. The number of hydrogen-bond donors (Lipinski definition) is 0. The highest BCUT2D eigenvalue weighted by Crippen LogP contribution is 2.34. The quantitative estimate of drug-likeness (QED) is 0.840. The van der Waals surface area contributed by atoms with Gasteiger partial charge in [0.25, 0.3) is 5.91 Å². The first-order valence-corrected chi connectivity index (χ1v) is 7.19. The smallest absolute Gasteiger partial charge is 0.254 e. The molecule has 1 aromatic heterocycles. The van der Waals surface area contributed by atoms with E-state index in [-0.39, 0.29) is 18.6 Å². The van der Waals surface area contributed by atoms with Gasteiger partial charge in [0.05, 0.1) is 5.92 Å². The predicted molar refractivity (Wildman–Crippen MR) is 74.9 cm³/mol. The monoisotopic (exact) mass is 301 g/mol. The zero-order chi connectivity index (χ0) is 15.1. The van der Waals surface area contributed by atoms with Crippen LogP contribution < -0.4 is 9.47 Å². The summed E-state index contributed by atoms with van der Waals surface area (Å²) in [7, 11) is 0. The summed E-state index contributed by atoms with van der Waals surface area (Å²) in [6.45, 7) is 3.24. The topological polar surface area (TPSA) is 77.7 Å². The van der Waals surface area contributed by atoms with Gasteiger partial charge in [-0.25, -0.2) is 0 Å². The molecule has 7 heteroatoms. The molecule has 0 N–H and O–H groups in total. The van der Waals surface area contributed by atoms with E-state index in [1.807, 2.05) is 4.90 Å². The molecule has 0 radical (unpaired) electrons. The Morgan fingerprint density at radius 1 is 1.27 bits per heavy atom. The van der Waals surface area contributed by atoms with Crippen molar-refractivity contribution in [1.29, 1.82) is 0 Å². The van der Waals surface area contributed by atoms with Gasteiger partial charge in [-0.05, 0) is 24.6 Å². The summed E-state index contributed by atoms with van der Waals surface area (Å²) in [5, 5.41) is 7.90. The van der Waals surface area contributed by atoms with Crippen molar-refractivity contribution >= 4 is 5.91 Å². The number of likely N-dealkylation sites (tertiary alicyclic amines) is 1. The minimum atomic E-state index is -0.0166. The molecular weight excluding hydrogens is 286 g/mol. The minimum Gasteiger partial charge on any atom is -0.454 e. The van der Waals surface area contributed by atoms with Gasteiger partial charge in [0.2, 0.25) is 18.6 Å². The third-order valence-electron chi connectivity index (χ3n) is 3.99. The summed E-state index contributed by atoms with van der Waals surface area (Å²) in [4.78, 5) is 14.4. The molecule has 4 rings (SSSR count). The molecule has 1 atom stereocenters. The summed E-state index contributed by atoms with van der Waals surface area (Å²) < 4.78 is 16.0. The van der Waals surface area contributed by atoms with Crippen LogP contribution in [0.4, 0.5) is 0 Å². The van der Waals surface area contributed by atoms with Crippen LogP contribution in [0, 0.1) is 6.92 Å². The molecule has 114 valence electrons. The molecule has 7 nitrogen and oxygen atoms in total. The molecule has 2 aliphatic rings. The van der Waals surface area contributed by atoms with E-state index in [0.29, 0.717) is 41.9 Å². The maximum atomic E-state index is 12.6. The SMILES string of the molecule is Cc1nnc(C2CCN(C(=O)c3ccc4c(c3)OCO4)C2)o1. The molecule has 1 amide bonds. The molecule has 0 bridgehead atoms. The molecule has 1 saturated heterocycles. The predicted octanol–water partition coefficient (Wildman–Crippen LogP) is 1.74. The fourth-order valence-corrected chi connectivity index (χ4v) is 2.84. The molecule has 1 aromatic carbocycles. The molecule has 2 aromatic rings. The number of carbonyl (C=O) groups is 1. The Morgan fingerprint density at radius 2 is 2.14 bits per heavy atom. The normalized spacial score (nSPS) is 19.7. The van der Waals surface area contributed by atoms with Gasteiger partial charge in [-0.1, -0.05) is 0 Å². The van der Waals surface area contributed by atoms with E-state index in [0.717, 1.165) is 6.42 Å². The zero-order valence-electron chi connectivity index (χ0n) is 12.1. The number of hydrogen-bond acceptors (Lipinski definition) is 6. The average molecular weight is 301 g/mol. The molecular formula is C15H15N3O4. The Balaban J connectivity index is 1.49. The molecule has 22 heavy (non-hydrogen) atoms. The average Bonchev–Trinajstić information content (AvgIpc) is 3.25. The van der Waals surface area contributed by atoms with Gasteiger partial charge in [0.15, 0.2) is 11.5 Å². The second-order valence-corrected chi connectivity index (χ2v) is 5.46. The molecule has 3 heterocycles. The summed E-state index contributed by atoms with van der Waals surface area (Å²) in [5.74, 6) is 2.55. The van der Waals surface area contributed by atoms with Gasteiger partial charge >= 0.3 is 0 Å². The summed E-state index contributed by atoms with van der Waals surface area (Å²) >= 11 is 0. The molecule has 0 aliphatic carbocycles. The van der Waals surface area contributed by atoms with E-state index >= 15 is 0 Å². The van der Waals surface area contributed by atoms with Crippen molar-refractivity contribution in [2.75, 3.05) is 19.9 Å². The van der Waals surface area contributed by atoms with Crippen LogP contribution in [0.5, 0.6) is 11.5 Å². The van der Waals surface area contributed by atoms with E-state index in [1.165, 1.54) is 0 Å². The maximum absolute atomic E-state index is 12.6. The summed E-state index contributed by atoms with van der Waals surface area (Å²) in [5.41, 5.74) is 0.603. The van der Waals surface area contributed by atoms with Crippen molar-refractivity contribution in [2.24, 2.45) is 0 Å². The van der Waals surface area contributed by atoms with Crippen LogP contribution in [0.1, 0.15) is 34.5 Å². The fraction of sp³-hybridized carbons (Fsp3) is 0.400. The molecule has 0 spiro atoms. The largest absolute Gasteiger partial charge is 0.454 e. The summed E-state index contributed by atoms with van der Waals surface area (Å²) in [6.07, 6.45) is 0.831. The van der Waals surface area contributed by atoms with E-state index in [4.69, 9.17) is 13.9 Å². The Labute approximate surface area is 126 Å². The maximum Gasteiger partial charge on any atom is 0.254 e.